The van der Waals surface area contributed by atoms with E-state index in [1.54, 1.807) is 0 Å². The van der Waals surface area contributed by atoms with E-state index < -0.39 is 6.36 Å². The van der Waals surface area contributed by atoms with Crippen LogP contribution in [0.1, 0.15) is 24.6 Å². The Hall–Kier alpha value is -2.48. The Morgan fingerprint density at radius 3 is 2.92 bits per heavy atom. The third kappa shape index (κ3) is 3.70. The molecule has 138 valence electrons. The smallest absolute Gasteiger partial charge is 0.489 e. The van der Waals surface area contributed by atoms with Crippen LogP contribution in [0.25, 0.3) is 11.2 Å². The van der Waals surface area contributed by atoms with Crippen LogP contribution in [-0.2, 0) is 11.2 Å². The van der Waals surface area contributed by atoms with Crippen LogP contribution in [0, 0.1) is 0 Å². The fourth-order valence-electron chi connectivity index (χ4n) is 2.73. The number of aromatic nitrogens is 3. The number of imidazole rings is 1. The monoisotopic (exact) mass is 385 g/mol. The van der Waals surface area contributed by atoms with E-state index in [1.165, 1.54) is 35.9 Å². The van der Waals surface area contributed by atoms with Gasteiger partial charge in [0.05, 0.1) is 18.5 Å². The van der Waals surface area contributed by atoms with E-state index in [-0.39, 0.29) is 10.9 Å². The Labute approximate surface area is 152 Å². The number of hydrogen-bond acceptors (Lipinski definition) is 4. The highest BCUT2D eigenvalue weighted by molar-refractivity contribution is 6.30. The van der Waals surface area contributed by atoms with Gasteiger partial charge in [0.2, 0.25) is 0 Å². The molecule has 5 nitrogen and oxygen atoms in total. The van der Waals surface area contributed by atoms with E-state index in [1.807, 2.05) is 0 Å². The summed E-state index contributed by atoms with van der Waals surface area (Å²) in [5.74, 6) is 0.216. The molecule has 2 aromatic rings. The second-order valence-electron chi connectivity index (χ2n) is 5.59. The summed E-state index contributed by atoms with van der Waals surface area (Å²) in [4.78, 5) is 4.31. The van der Waals surface area contributed by atoms with Crippen LogP contribution < -0.4 is 4.74 Å². The molecule has 2 aromatic heterocycles. The maximum Gasteiger partial charge on any atom is 0.572 e. The summed E-state index contributed by atoms with van der Waals surface area (Å²) in [6.07, 6.45) is 2.49. The van der Waals surface area contributed by atoms with Gasteiger partial charge in [-0.3, -0.25) is 0 Å². The lowest BCUT2D eigenvalue weighted by Crippen LogP contribution is -2.13. The molecule has 0 atom stereocenters. The molecular weight excluding hydrogens is 371 g/mol. The van der Waals surface area contributed by atoms with Crippen LogP contribution in [0.3, 0.4) is 0 Å². The first-order valence-electron chi connectivity index (χ1n) is 7.76. The molecular formula is C17H15ClF3N3O2. The summed E-state index contributed by atoms with van der Waals surface area (Å²) in [5.41, 5.74) is 2.05. The lowest BCUT2D eigenvalue weighted by Gasteiger charge is -2.18. The first-order chi connectivity index (χ1) is 12.3. The van der Waals surface area contributed by atoms with Crippen molar-refractivity contribution in [2.75, 3.05) is 6.61 Å². The molecule has 26 heavy (non-hydrogen) atoms. The lowest BCUT2D eigenvalue weighted by atomic mass is 10.1. The molecule has 1 aliphatic heterocycles. The summed E-state index contributed by atoms with van der Waals surface area (Å²) in [6, 6.07) is 0. The van der Waals surface area contributed by atoms with Gasteiger partial charge in [-0.25, -0.2) is 9.50 Å². The lowest BCUT2D eigenvalue weighted by molar-refractivity contribution is -0.305. The van der Waals surface area contributed by atoms with Crippen LogP contribution in [0.4, 0.5) is 13.2 Å². The highest BCUT2D eigenvalue weighted by Crippen LogP contribution is 2.34. The van der Waals surface area contributed by atoms with Crippen molar-refractivity contribution < 1.29 is 22.6 Å². The Bertz CT molecular complexity index is 916. The average molecular weight is 386 g/mol. The van der Waals surface area contributed by atoms with Crippen molar-refractivity contribution in [3.63, 3.8) is 0 Å². The molecule has 0 N–H and O–H groups in total. The van der Waals surface area contributed by atoms with E-state index in [2.05, 4.69) is 21.4 Å². The van der Waals surface area contributed by atoms with E-state index in [9.17, 15) is 13.2 Å². The van der Waals surface area contributed by atoms with Gasteiger partial charge in [-0.2, -0.15) is 5.10 Å². The predicted octanol–water partition coefficient (Wildman–Crippen LogP) is 4.72. The number of fused-ring (bicyclic) bond motifs is 3. The summed E-state index contributed by atoms with van der Waals surface area (Å²) in [7, 11) is 0. The summed E-state index contributed by atoms with van der Waals surface area (Å²) >= 11 is 6.26. The molecule has 1 aliphatic rings. The van der Waals surface area contributed by atoms with Crippen molar-refractivity contribution in [2.45, 2.75) is 26.1 Å². The van der Waals surface area contributed by atoms with Gasteiger partial charge in [0.1, 0.15) is 5.76 Å². The molecule has 3 rings (SSSR count). The van der Waals surface area contributed by atoms with E-state index >= 15 is 0 Å². The molecule has 0 aromatic carbocycles. The number of nitrogens with zero attached hydrogens (tertiary/aromatic N) is 3. The minimum absolute atomic E-state index is 0.275. The maximum absolute atomic E-state index is 12.4. The predicted molar refractivity (Wildman–Crippen MR) is 90.9 cm³/mol. The van der Waals surface area contributed by atoms with Crippen molar-refractivity contribution in [1.82, 2.24) is 14.6 Å². The van der Waals surface area contributed by atoms with Crippen LogP contribution >= 0.6 is 11.6 Å². The largest absolute Gasteiger partial charge is 0.572 e. The van der Waals surface area contributed by atoms with Crippen LogP contribution in [0.2, 0.25) is 5.15 Å². The SMILES string of the molecule is C=C/C=C(\C=C(/C)OC(F)(F)F)c1cnc2c3c(c(Cl)nn12)CCCO3. The second kappa shape index (κ2) is 7.03. The number of hydrogen-bond donors (Lipinski definition) is 0. The molecule has 0 aliphatic carbocycles. The Morgan fingerprint density at radius 2 is 2.23 bits per heavy atom. The normalized spacial score (nSPS) is 15.6. The van der Waals surface area contributed by atoms with Crippen LogP contribution in [0.5, 0.6) is 5.75 Å². The first kappa shape index (κ1) is 18.3. The number of halogens is 4. The molecule has 0 bridgehead atoms. The molecule has 0 amide bonds. The summed E-state index contributed by atoms with van der Waals surface area (Å²) in [5, 5.41) is 4.58. The molecule has 0 fully saturated rings. The van der Waals surface area contributed by atoms with Gasteiger partial charge in [0.25, 0.3) is 0 Å². The van der Waals surface area contributed by atoms with Gasteiger partial charge < -0.3 is 9.47 Å². The Balaban J connectivity index is 2.10. The fourth-order valence-corrected chi connectivity index (χ4v) is 2.99. The zero-order valence-electron chi connectivity index (χ0n) is 13.8. The zero-order valence-corrected chi connectivity index (χ0v) is 14.6. The number of alkyl halides is 3. The van der Waals surface area contributed by atoms with Gasteiger partial charge in [0, 0.05) is 11.1 Å². The molecule has 3 heterocycles. The van der Waals surface area contributed by atoms with E-state index in [0.29, 0.717) is 29.3 Å². The topological polar surface area (TPSA) is 48.7 Å². The molecule has 0 saturated carbocycles. The van der Waals surface area contributed by atoms with Crippen LogP contribution in [0.15, 0.2) is 36.8 Å². The van der Waals surface area contributed by atoms with Gasteiger partial charge in [0.15, 0.2) is 16.5 Å². The van der Waals surface area contributed by atoms with Crippen molar-refractivity contribution in [3.8, 4) is 5.75 Å². The summed E-state index contributed by atoms with van der Waals surface area (Å²) < 4.78 is 48.3. The number of allylic oxidation sites excluding steroid dienone is 5. The average Bonchev–Trinajstić information content (AvgIpc) is 2.97. The van der Waals surface area contributed by atoms with Gasteiger partial charge in [-0.15, -0.1) is 13.2 Å². The molecule has 0 spiro atoms. The van der Waals surface area contributed by atoms with Crippen LogP contribution in [-0.4, -0.2) is 27.6 Å². The van der Waals surface area contributed by atoms with Crippen molar-refractivity contribution in [2.24, 2.45) is 0 Å². The van der Waals surface area contributed by atoms with Gasteiger partial charge in [-0.1, -0.05) is 30.3 Å². The summed E-state index contributed by atoms with van der Waals surface area (Å²) in [6.45, 7) is 5.34. The van der Waals surface area contributed by atoms with E-state index in [0.717, 1.165) is 18.4 Å². The fraction of sp³-hybridized carbons (Fsp3) is 0.294. The third-order valence-electron chi connectivity index (χ3n) is 3.70. The van der Waals surface area contributed by atoms with Gasteiger partial charge in [-0.05, 0) is 25.8 Å². The molecule has 0 saturated heterocycles. The highest BCUT2D eigenvalue weighted by Gasteiger charge is 2.31. The highest BCUT2D eigenvalue weighted by atomic mass is 35.5. The quantitative estimate of drug-likeness (QED) is 0.564. The van der Waals surface area contributed by atoms with Crippen molar-refractivity contribution >= 4 is 22.8 Å². The third-order valence-corrected chi connectivity index (χ3v) is 4.00. The number of rotatable bonds is 4. The van der Waals surface area contributed by atoms with Crippen molar-refractivity contribution in [1.29, 1.82) is 0 Å². The molecule has 0 radical (unpaired) electrons. The van der Waals surface area contributed by atoms with Crippen molar-refractivity contribution in [3.05, 3.63) is 53.2 Å². The van der Waals surface area contributed by atoms with E-state index in [4.69, 9.17) is 16.3 Å². The molecule has 0 unspecified atom stereocenters. The molecule has 9 heteroatoms. The van der Waals surface area contributed by atoms with Gasteiger partial charge >= 0.3 is 6.36 Å². The minimum atomic E-state index is -4.77. The maximum atomic E-state index is 12.4. The number of ether oxygens (including phenoxy) is 2. The second-order valence-corrected chi connectivity index (χ2v) is 5.95. The Morgan fingerprint density at radius 1 is 1.46 bits per heavy atom. The zero-order chi connectivity index (χ0) is 18.9. The standard InChI is InChI=1S/C17H15ClF3N3O2/c1-3-5-11(8-10(2)26-17(19,20)21)13-9-22-16-14-12(6-4-7-25-14)15(18)23-24(13)16/h3,5,8-9H,1,4,6-7H2,2H3/b10-8+,11-5+. The Kier molecular flexibility index (Phi) is 4.95. The first-order valence-corrected chi connectivity index (χ1v) is 8.14. The minimum Gasteiger partial charge on any atom is -0.489 e.